The van der Waals surface area contributed by atoms with Crippen molar-refractivity contribution in [2.45, 2.75) is 39.2 Å². The first kappa shape index (κ1) is 22.7. The molecular weight excluding hydrogens is 378 g/mol. The van der Waals surface area contributed by atoms with E-state index < -0.39 is 5.97 Å². The fraction of sp³-hybridized carbons (Fsp3) is 0.778. The number of nitrogens with zero attached hydrogens (tertiary/aromatic N) is 6. The highest BCUT2D eigenvalue weighted by atomic mass is 16.5. The maximum Gasteiger partial charge on any atom is 0.309 e. The molecule has 2 aliphatic rings. The van der Waals surface area contributed by atoms with E-state index in [0.29, 0.717) is 38.4 Å². The van der Waals surface area contributed by atoms with Crippen LogP contribution in [0.15, 0.2) is 0 Å². The first-order valence-corrected chi connectivity index (χ1v) is 9.96. The Labute approximate surface area is 170 Å². The lowest BCUT2D eigenvalue weighted by atomic mass is 9.97. The molecule has 2 fully saturated rings. The van der Waals surface area contributed by atoms with Gasteiger partial charge in [0, 0.05) is 0 Å². The quantitative estimate of drug-likeness (QED) is 0.497. The van der Waals surface area contributed by atoms with Gasteiger partial charge in [0.15, 0.2) is 5.82 Å². The Hall–Kier alpha value is -2.58. The molecule has 2 saturated heterocycles. The second-order valence-corrected chi connectivity index (χ2v) is 7.18. The van der Waals surface area contributed by atoms with E-state index in [1.807, 2.05) is 6.92 Å². The SMILES string of the molecule is CCOC(=O)C1CCN(CC#N)CC1.O=C(O)C1CCN(Cc2nn[nH]n2)CC1. The molecule has 160 valence electrons. The highest BCUT2D eigenvalue weighted by Crippen LogP contribution is 2.18. The molecule has 3 heterocycles. The third-order valence-corrected chi connectivity index (χ3v) is 5.19. The van der Waals surface area contributed by atoms with Crippen molar-refractivity contribution < 1.29 is 19.4 Å². The normalized spacial score (nSPS) is 19.0. The Balaban J connectivity index is 0.000000208. The number of esters is 1. The van der Waals surface area contributed by atoms with Gasteiger partial charge in [-0.15, -0.1) is 10.2 Å². The number of nitrogens with one attached hydrogen (secondary N) is 1. The Morgan fingerprint density at radius 1 is 1.17 bits per heavy atom. The molecule has 1 aromatic heterocycles. The molecule has 1 aromatic rings. The number of piperidine rings is 2. The number of hydrogen-bond donors (Lipinski definition) is 2. The summed E-state index contributed by atoms with van der Waals surface area (Å²) in [6.07, 6.45) is 3.04. The van der Waals surface area contributed by atoms with E-state index in [-0.39, 0.29) is 17.8 Å². The number of carboxylic acid groups (broad SMARTS) is 1. The van der Waals surface area contributed by atoms with Gasteiger partial charge in [-0.3, -0.25) is 19.4 Å². The van der Waals surface area contributed by atoms with Gasteiger partial charge in [-0.05, 0) is 58.8 Å². The number of rotatable bonds is 6. The number of hydrogen-bond acceptors (Lipinski definition) is 9. The molecule has 11 nitrogen and oxygen atoms in total. The number of carbonyl (C=O) groups excluding carboxylic acids is 1. The molecular formula is C18H29N7O4. The van der Waals surface area contributed by atoms with Crippen LogP contribution in [0.1, 0.15) is 38.4 Å². The molecule has 0 bridgehead atoms. The molecule has 0 amide bonds. The summed E-state index contributed by atoms with van der Waals surface area (Å²) in [5.74, 6) is -0.251. The fourth-order valence-electron chi connectivity index (χ4n) is 3.47. The second kappa shape index (κ2) is 12.1. The van der Waals surface area contributed by atoms with Crippen LogP contribution in [0.2, 0.25) is 0 Å². The molecule has 11 heteroatoms. The van der Waals surface area contributed by atoms with Gasteiger partial charge in [0.05, 0.1) is 37.6 Å². The molecule has 29 heavy (non-hydrogen) atoms. The van der Waals surface area contributed by atoms with Crippen LogP contribution >= 0.6 is 0 Å². The van der Waals surface area contributed by atoms with E-state index in [2.05, 4.69) is 36.5 Å². The number of ether oxygens (including phenoxy) is 1. The topological polar surface area (TPSA) is 148 Å². The van der Waals surface area contributed by atoms with Crippen molar-refractivity contribution in [2.75, 3.05) is 39.3 Å². The van der Waals surface area contributed by atoms with Gasteiger partial charge < -0.3 is 9.84 Å². The van der Waals surface area contributed by atoms with Crippen molar-refractivity contribution in [2.24, 2.45) is 11.8 Å². The zero-order chi connectivity index (χ0) is 21.1. The highest BCUT2D eigenvalue weighted by molar-refractivity contribution is 5.72. The van der Waals surface area contributed by atoms with E-state index in [1.54, 1.807) is 0 Å². The smallest absolute Gasteiger partial charge is 0.309 e. The summed E-state index contributed by atoms with van der Waals surface area (Å²) >= 11 is 0. The van der Waals surface area contributed by atoms with E-state index in [4.69, 9.17) is 15.1 Å². The number of aliphatic carboxylic acids is 1. The largest absolute Gasteiger partial charge is 0.481 e. The van der Waals surface area contributed by atoms with Crippen LogP contribution in [-0.2, 0) is 20.9 Å². The highest BCUT2D eigenvalue weighted by Gasteiger charge is 2.26. The number of nitriles is 1. The maximum absolute atomic E-state index is 11.4. The predicted molar refractivity (Wildman–Crippen MR) is 101 cm³/mol. The van der Waals surface area contributed by atoms with Crippen molar-refractivity contribution in [3.05, 3.63) is 5.82 Å². The molecule has 0 radical (unpaired) electrons. The lowest BCUT2D eigenvalue weighted by molar-refractivity contribution is -0.149. The van der Waals surface area contributed by atoms with Crippen LogP contribution in [0, 0.1) is 23.2 Å². The van der Waals surface area contributed by atoms with Crippen LogP contribution < -0.4 is 0 Å². The van der Waals surface area contributed by atoms with Crippen molar-refractivity contribution in [1.82, 2.24) is 30.4 Å². The van der Waals surface area contributed by atoms with Crippen LogP contribution in [0.5, 0.6) is 0 Å². The number of carbonyl (C=O) groups is 2. The number of aromatic nitrogens is 4. The Morgan fingerprint density at radius 2 is 1.79 bits per heavy atom. The molecule has 2 aliphatic heterocycles. The fourth-order valence-corrected chi connectivity index (χ4v) is 3.47. The van der Waals surface area contributed by atoms with E-state index in [9.17, 15) is 9.59 Å². The van der Waals surface area contributed by atoms with Crippen molar-refractivity contribution in [3.8, 4) is 6.07 Å². The number of aromatic amines is 1. The average molecular weight is 407 g/mol. The molecule has 0 saturated carbocycles. The van der Waals surface area contributed by atoms with Crippen LogP contribution in [-0.4, -0.2) is 86.8 Å². The number of likely N-dealkylation sites (tertiary alicyclic amines) is 2. The van der Waals surface area contributed by atoms with Gasteiger partial charge in [0.25, 0.3) is 0 Å². The molecule has 0 spiro atoms. The minimum atomic E-state index is -0.686. The number of tetrazole rings is 1. The maximum atomic E-state index is 11.4. The van der Waals surface area contributed by atoms with Crippen molar-refractivity contribution in [1.29, 1.82) is 5.26 Å². The zero-order valence-corrected chi connectivity index (χ0v) is 16.8. The van der Waals surface area contributed by atoms with Gasteiger partial charge in [-0.25, -0.2) is 0 Å². The summed E-state index contributed by atoms with van der Waals surface area (Å²) in [7, 11) is 0. The van der Waals surface area contributed by atoms with Crippen molar-refractivity contribution in [3.63, 3.8) is 0 Å². The zero-order valence-electron chi connectivity index (χ0n) is 16.8. The second-order valence-electron chi connectivity index (χ2n) is 7.18. The lowest BCUT2D eigenvalue weighted by Crippen LogP contribution is -2.37. The summed E-state index contributed by atoms with van der Waals surface area (Å²) in [4.78, 5) is 26.3. The molecule has 3 rings (SSSR count). The molecule has 0 atom stereocenters. The molecule has 0 unspecified atom stereocenters. The van der Waals surface area contributed by atoms with E-state index in [0.717, 1.165) is 39.0 Å². The predicted octanol–water partition coefficient (Wildman–Crippen LogP) is 0.281. The number of carboxylic acids is 1. The van der Waals surface area contributed by atoms with Gasteiger partial charge in [-0.2, -0.15) is 10.5 Å². The van der Waals surface area contributed by atoms with Gasteiger partial charge in [0.1, 0.15) is 0 Å². The molecule has 0 aromatic carbocycles. The van der Waals surface area contributed by atoms with Gasteiger partial charge in [-0.1, -0.05) is 5.21 Å². The van der Waals surface area contributed by atoms with Gasteiger partial charge in [0.2, 0.25) is 0 Å². The molecule has 2 N–H and O–H groups in total. The summed E-state index contributed by atoms with van der Waals surface area (Å²) in [5, 5.41) is 30.9. The minimum Gasteiger partial charge on any atom is -0.481 e. The Kier molecular flexibility index (Phi) is 9.46. The summed E-state index contributed by atoms with van der Waals surface area (Å²) < 4.78 is 4.95. The average Bonchev–Trinajstić information content (AvgIpc) is 3.23. The van der Waals surface area contributed by atoms with Crippen LogP contribution in [0.4, 0.5) is 0 Å². The molecule has 0 aliphatic carbocycles. The Morgan fingerprint density at radius 3 is 2.31 bits per heavy atom. The van der Waals surface area contributed by atoms with Crippen LogP contribution in [0.3, 0.4) is 0 Å². The van der Waals surface area contributed by atoms with Crippen LogP contribution in [0.25, 0.3) is 0 Å². The first-order chi connectivity index (χ1) is 14.0. The van der Waals surface area contributed by atoms with E-state index in [1.165, 1.54) is 0 Å². The monoisotopic (exact) mass is 407 g/mol. The standard InChI is InChI=1S/C10H16N2O2.C8H13N5O2/c1-2-14-10(13)9-3-6-12(7-4-9)8-5-11;14-8(15)6-1-3-13(4-2-6)5-7-9-11-12-10-7/h9H,2-4,6-8H2,1H3;6H,1-5H2,(H,14,15)(H,9,10,11,12). The third kappa shape index (κ3) is 7.75. The Bertz CT molecular complexity index is 660. The minimum absolute atomic E-state index is 0.0462. The number of H-pyrrole nitrogens is 1. The van der Waals surface area contributed by atoms with E-state index >= 15 is 0 Å². The summed E-state index contributed by atoms with van der Waals surface area (Å²) in [5.41, 5.74) is 0. The summed E-state index contributed by atoms with van der Waals surface area (Å²) in [6.45, 7) is 6.61. The summed E-state index contributed by atoms with van der Waals surface area (Å²) in [6, 6.07) is 2.12. The first-order valence-electron chi connectivity index (χ1n) is 9.96. The lowest BCUT2D eigenvalue weighted by Gasteiger charge is -2.28. The van der Waals surface area contributed by atoms with Crippen molar-refractivity contribution >= 4 is 11.9 Å². The third-order valence-electron chi connectivity index (χ3n) is 5.19. The van der Waals surface area contributed by atoms with Gasteiger partial charge >= 0.3 is 11.9 Å².